The van der Waals surface area contributed by atoms with Crippen molar-refractivity contribution in [3.05, 3.63) is 48.0 Å². The Bertz CT molecular complexity index is 670. The van der Waals surface area contributed by atoms with Gasteiger partial charge in [-0.05, 0) is 64.5 Å². The molecule has 0 saturated carbocycles. The van der Waals surface area contributed by atoms with Crippen LogP contribution in [-0.4, -0.2) is 47.8 Å². The summed E-state index contributed by atoms with van der Waals surface area (Å²) >= 11 is 0. The van der Waals surface area contributed by atoms with E-state index < -0.39 is 8.25 Å². The molecule has 0 aromatic carbocycles. The van der Waals surface area contributed by atoms with E-state index in [0.29, 0.717) is 11.1 Å². The molecule has 0 aromatic rings. The van der Waals surface area contributed by atoms with E-state index in [1.54, 1.807) is 26.0 Å². The third-order valence-corrected chi connectivity index (χ3v) is 5.69. The Kier molecular flexibility index (Phi) is 10.4. The second kappa shape index (κ2) is 13.0. The summed E-state index contributed by atoms with van der Waals surface area (Å²) in [6.45, 7) is 6.70. The van der Waals surface area contributed by atoms with Crippen LogP contribution in [0.15, 0.2) is 48.0 Å². The van der Waals surface area contributed by atoms with E-state index in [9.17, 15) is 14.2 Å². The van der Waals surface area contributed by atoms with Gasteiger partial charge in [-0.1, -0.05) is 12.2 Å². The zero-order valence-electron chi connectivity index (χ0n) is 17.9. The molecule has 2 fully saturated rings. The largest absolute Gasteiger partial charge is 0.804 e. The molecule has 0 aliphatic carbocycles. The predicted molar refractivity (Wildman–Crippen MR) is 116 cm³/mol. The molecular weight excluding hydrogens is 403 g/mol. The fraction of sp³-hybridized carbons (Fsp3) is 0.545. The normalized spacial score (nSPS) is 18.7. The number of carbonyl (C=O) groups is 2. The van der Waals surface area contributed by atoms with Crippen LogP contribution in [0.1, 0.15) is 52.4 Å². The Morgan fingerprint density at radius 2 is 1.07 bits per heavy atom. The minimum atomic E-state index is -2.37. The summed E-state index contributed by atoms with van der Waals surface area (Å²) in [6.07, 6.45) is 15.3. The fourth-order valence-electron chi connectivity index (χ4n) is 3.40. The number of amides is 2. The Morgan fingerprint density at radius 1 is 0.700 bits per heavy atom. The summed E-state index contributed by atoms with van der Waals surface area (Å²) in [5.74, 6) is 0.0355. The summed E-state index contributed by atoms with van der Waals surface area (Å²) < 4.78 is 21.6. The molecule has 0 N–H and O–H groups in total. The number of nitrogens with zero attached hydrogens (tertiary/aromatic N) is 2. The van der Waals surface area contributed by atoms with Crippen LogP contribution in [0.5, 0.6) is 0 Å². The molecule has 0 bridgehead atoms. The van der Waals surface area contributed by atoms with E-state index >= 15 is 0 Å². The number of likely N-dealkylation sites (tertiary alicyclic amines) is 2. The van der Waals surface area contributed by atoms with Gasteiger partial charge in [0.25, 0.3) is 0 Å². The van der Waals surface area contributed by atoms with E-state index in [1.807, 2.05) is 9.80 Å². The molecule has 164 valence electrons. The van der Waals surface area contributed by atoms with E-state index in [-0.39, 0.29) is 11.8 Å². The van der Waals surface area contributed by atoms with Crippen LogP contribution >= 0.6 is 8.25 Å². The molecule has 0 radical (unpaired) electrons. The molecule has 0 spiro atoms. The van der Waals surface area contributed by atoms with Gasteiger partial charge in [-0.3, -0.25) is 9.59 Å². The first-order valence-electron chi connectivity index (χ1n) is 10.6. The average Bonchev–Trinajstić information content (AvgIpc) is 2.79. The second-order valence-electron chi connectivity index (χ2n) is 7.50. The lowest BCUT2D eigenvalue weighted by atomic mass is 10.1. The van der Waals surface area contributed by atoms with Crippen LogP contribution in [0.4, 0.5) is 0 Å². The predicted octanol–water partition coefficient (Wildman–Crippen LogP) is 4.62. The van der Waals surface area contributed by atoms with Gasteiger partial charge in [-0.15, -0.1) is 0 Å². The monoisotopic (exact) mass is 435 g/mol. The van der Waals surface area contributed by atoms with E-state index in [4.69, 9.17) is 9.05 Å². The van der Waals surface area contributed by atoms with Gasteiger partial charge in [-0.25, -0.2) is 9.05 Å². The minimum Gasteiger partial charge on any atom is -0.339 e. The van der Waals surface area contributed by atoms with Crippen molar-refractivity contribution >= 4 is 20.1 Å². The number of hydrogen-bond acceptors (Lipinski definition) is 5. The smallest absolute Gasteiger partial charge is 0.339 e. The first kappa shape index (κ1) is 23.9. The Labute approximate surface area is 180 Å². The molecule has 2 amide bonds. The van der Waals surface area contributed by atoms with Gasteiger partial charge in [0.05, 0.1) is 0 Å². The van der Waals surface area contributed by atoms with Crippen LogP contribution in [0.3, 0.4) is 0 Å². The SMILES string of the molecule is C/C(=C/C=C/O[P+](=O)O/C=C/C=C(/C)C(=O)N1CCCCC1)C(=O)N1CCCCC1. The highest BCUT2D eigenvalue weighted by Crippen LogP contribution is 2.24. The maximum absolute atomic E-state index is 12.3. The van der Waals surface area contributed by atoms with Crippen LogP contribution < -0.4 is 0 Å². The molecule has 2 rings (SSSR count). The van der Waals surface area contributed by atoms with Gasteiger partial charge in [0, 0.05) is 41.9 Å². The Morgan fingerprint density at radius 3 is 1.43 bits per heavy atom. The lowest BCUT2D eigenvalue weighted by molar-refractivity contribution is -0.128. The summed E-state index contributed by atoms with van der Waals surface area (Å²) in [5.41, 5.74) is 1.21. The second-order valence-corrected chi connectivity index (χ2v) is 8.37. The number of carbonyl (C=O) groups excluding carboxylic acids is 2. The topological polar surface area (TPSA) is 76.1 Å². The molecular formula is C22H32N2O5P+. The van der Waals surface area contributed by atoms with Gasteiger partial charge in [0.1, 0.15) is 0 Å². The molecule has 2 saturated heterocycles. The third-order valence-electron chi connectivity index (χ3n) is 5.10. The van der Waals surface area contributed by atoms with Crippen molar-refractivity contribution in [2.75, 3.05) is 26.2 Å². The van der Waals surface area contributed by atoms with Crippen LogP contribution in [0.2, 0.25) is 0 Å². The zero-order valence-corrected chi connectivity index (χ0v) is 18.8. The lowest BCUT2D eigenvalue weighted by Gasteiger charge is -2.26. The van der Waals surface area contributed by atoms with Crippen molar-refractivity contribution in [3.8, 4) is 0 Å². The molecule has 0 aromatic heterocycles. The minimum absolute atomic E-state index is 0.0178. The molecule has 2 aliphatic heterocycles. The van der Waals surface area contributed by atoms with Gasteiger partial charge >= 0.3 is 8.25 Å². The first-order valence-corrected chi connectivity index (χ1v) is 11.6. The standard InChI is InChI=1S/C22H32N2O5P/c1-19(21(25)23-13-5-3-6-14-23)11-9-17-28-30(27)29-18-10-12-20(2)22(26)24-15-7-4-8-16-24/h9-12,17-18H,3-8,13-16H2,1-2H3/q+1/b17-9+,18-10+,19-11-,20-12-. The van der Waals surface area contributed by atoms with Crippen LogP contribution in [-0.2, 0) is 23.2 Å². The van der Waals surface area contributed by atoms with Crippen molar-refractivity contribution in [1.29, 1.82) is 0 Å². The molecule has 30 heavy (non-hydrogen) atoms. The van der Waals surface area contributed by atoms with Crippen molar-refractivity contribution in [2.24, 2.45) is 0 Å². The summed E-state index contributed by atoms with van der Waals surface area (Å²) in [6, 6.07) is 0. The molecule has 2 aliphatic rings. The third kappa shape index (κ3) is 8.15. The van der Waals surface area contributed by atoms with Crippen molar-refractivity contribution in [2.45, 2.75) is 52.4 Å². The molecule has 0 atom stereocenters. The van der Waals surface area contributed by atoms with Crippen molar-refractivity contribution < 1.29 is 23.2 Å². The molecule has 7 nitrogen and oxygen atoms in total. The Hall–Kier alpha value is -2.40. The number of hydrogen-bond donors (Lipinski definition) is 0. The summed E-state index contributed by atoms with van der Waals surface area (Å²) in [4.78, 5) is 28.2. The van der Waals surface area contributed by atoms with Crippen LogP contribution in [0.25, 0.3) is 0 Å². The summed E-state index contributed by atoms with van der Waals surface area (Å²) in [7, 11) is -2.37. The highest BCUT2D eigenvalue weighted by atomic mass is 31.1. The quantitative estimate of drug-likeness (QED) is 0.241. The fourth-order valence-corrected chi connectivity index (χ4v) is 3.79. The van der Waals surface area contributed by atoms with Gasteiger partial charge in [0.15, 0.2) is 12.5 Å². The zero-order chi connectivity index (χ0) is 21.8. The first-order chi connectivity index (χ1) is 14.5. The van der Waals surface area contributed by atoms with E-state index in [2.05, 4.69) is 0 Å². The van der Waals surface area contributed by atoms with Gasteiger partial charge in [0.2, 0.25) is 11.8 Å². The van der Waals surface area contributed by atoms with Crippen molar-refractivity contribution in [3.63, 3.8) is 0 Å². The number of piperidine rings is 2. The highest BCUT2D eigenvalue weighted by Gasteiger charge is 2.19. The average molecular weight is 435 g/mol. The lowest BCUT2D eigenvalue weighted by Crippen LogP contribution is -2.36. The van der Waals surface area contributed by atoms with Gasteiger partial charge < -0.3 is 9.80 Å². The number of allylic oxidation sites excluding steroid dienone is 4. The maximum Gasteiger partial charge on any atom is 0.804 e. The van der Waals surface area contributed by atoms with E-state index in [0.717, 1.165) is 51.9 Å². The molecule has 8 heteroatoms. The Balaban J connectivity index is 1.70. The number of rotatable bonds is 8. The molecule has 2 heterocycles. The van der Waals surface area contributed by atoms with Crippen molar-refractivity contribution in [1.82, 2.24) is 9.80 Å². The molecule has 0 unspecified atom stereocenters. The highest BCUT2D eigenvalue weighted by molar-refractivity contribution is 7.33. The van der Waals surface area contributed by atoms with E-state index in [1.165, 1.54) is 37.5 Å². The van der Waals surface area contributed by atoms with Gasteiger partial charge in [-0.2, -0.15) is 0 Å². The summed E-state index contributed by atoms with van der Waals surface area (Å²) in [5, 5.41) is 0. The maximum atomic E-state index is 12.3. The van der Waals surface area contributed by atoms with Crippen LogP contribution in [0, 0.1) is 0 Å².